The van der Waals surface area contributed by atoms with E-state index in [9.17, 15) is 20.1 Å². The second kappa shape index (κ2) is 42.6. The molecule has 3 atom stereocenters. The van der Waals surface area contributed by atoms with Crippen molar-refractivity contribution in [3.63, 3.8) is 0 Å². The van der Waals surface area contributed by atoms with E-state index >= 15 is 0 Å². The Labute approximate surface area is 324 Å². The molecule has 5 nitrogen and oxygen atoms in total. The summed E-state index contributed by atoms with van der Waals surface area (Å²) in [7, 11) is 0. The van der Waals surface area contributed by atoms with E-state index in [2.05, 4.69) is 43.5 Å². The second-order valence-corrected chi connectivity index (χ2v) is 16.0. The van der Waals surface area contributed by atoms with Crippen LogP contribution in [0, 0.1) is 0 Å². The fraction of sp³-hybridized carbons (Fsp3) is 0.894. The van der Waals surface area contributed by atoms with Gasteiger partial charge < -0.3 is 20.6 Å². The molecule has 0 saturated heterocycles. The largest absolute Gasteiger partial charge is 0.394 e. The standard InChI is InChI=1S/C47H91NO4/c1-3-5-7-9-11-13-15-17-18-19-20-21-22-23-24-25-26-27-28-30-32-34-36-38-40-42-46(51)48-44(43-49)47(52)45(50)41-39-37-35-33-31-29-16-14-12-10-8-6-4-2/h20-21,23-24,44-45,47,49-50,52H,3-19,22,25-43H2,1-2H3,(H,48,51)/b21-20-,24-23-. The number of amides is 1. The molecular formula is C47H91NO4. The van der Waals surface area contributed by atoms with Gasteiger partial charge in [0.05, 0.1) is 18.8 Å². The van der Waals surface area contributed by atoms with E-state index in [1.807, 2.05) is 0 Å². The first-order chi connectivity index (χ1) is 25.6. The van der Waals surface area contributed by atoms with Gasteiger partial charge in [-0.3, -0.25) is 4.79 Å². The van der Waals surface area contributed by atoms with E-state index in [0.717, 1.165) is 44.9 Å². The van der Waals surface area contributed by atoms with Crippen molar-refractivity contribution in [3.8, 4) is 0 Å². The molecule has 0 saturated carbocycles. The lowest BCUT2D eigenvalue weighted by Crippen LogP contribution is -2.50. The zero-order valence-corrected chi connectivity index (χ0v) is 35.0. The number of hydrogen-bond donors (Lipinski definition) is 4. The number of hydrogen-bond acceptors (Lipinski definition) is 4. The van der Waals surface area contributed by atoms with Gasteiger partial charge in [-0.25, -0.2) is 0 Å². The molecule has 5 heteroatoms. The quantitative estimate of drug-likeness (QED) is 0.0371. The van der Waals surface area contributed by atoms with Crippen LogP contribution in [-0.4, -0.2) is 46.1 Å². The van der Waals surface area contributed by atoms with Crippen molar-refractivity contribution in [2.75, 3.05) is 6.61 Å². The van der Waals surface area contributed by atoms with Crippen LogP contribution in [0.4, 0.5) is 0 Å². The third-order valence-electron chi connectivity index (χ3n) is 10.8. The summed E-state index contributed by atoms with van der Waals surface area (Å²) in [6, 6.07) is -0.809. The SMILES string of the molecule is CCCCCCCCCCC/C=C\C/C=C\CCCCCCCCCCCC(=O)NC(CO)C(O)C(O)CCCCCCCCCCCCCCC. The zero-order valence-electron chi connectivity index (χ0n) is 35.0. The van der Waals surface area contributed by atoms with Gasteiger partial charge in [-0.1, -0.05) is 218 Å². The number of allylic oxidation sites excluding steroid dienone is 4. The molecular weight excluding hydrogens is 643 g/mol. The van der Waals surface area contributed by atoms with Crippen molar-refractivity contribution in [1.82, 2.24) is 5.32 Å². The van der Waals surface area contributed by atoms with E-state index < -0.39 is 18.2 Å². The third-order valence-corrected chi connectivity index (χ3v) is 10.8. The lowest BCUT2D eigenvalue weighted by atomic mass is 9.99. The Bertz CT molecular complexity index is 768. The average molecular weight is 734 g/mol. The van der Waals surface area contributed by atoms with Crippen molar-refractivity contribution >= 4 is 5.91 Å². The summed E-state index contributed by atoms with van der Waals surface area (Å²) in [5, 5.41) is 33.5. The maximum atomic E-state index is 12.4. The van der Waals surface area contributed by atoms with Crippen molar-refractivity contribution in [2.45, 2.75) is 263 Å². The summed E-state index contributed by atoms with van der Waals surface area (Å²) in [5.41, 5.74) is 0. The van der Waals surface area contributed by atoms with Gasteiger partial charge in [0.15, 0.2) is 0 Å². The van der Waals surface area contributed by atoms with Gasteiger partial charge in [0.1, 0.15) is 6.10 Å². The van der Waals surface area contributed by atoms with Crippen LogP contribution in [-0.2, 0) is 4.79 Å². The Balaban J connectivity index is 3.59. The summed E-state index contributed by atoms with van der Waals surface area (Å²) in [6.45, 7) is 4.18. The van der Waals surface area contributed by atoms with Gasteiger partial charge in [0.2, 0.25) is 5.91 Å². The molecule has 0 aromatic heterocycles. The Kier molecular flexibility index (Phi) is 41.6. The monoisotopic (exact) mass is 734 g/mol. The highest BCUT2D eigenvalue weighted by molar-refractivity contribution is 5.76. The Hall–Kier alpha value is -1.17. The number of carbonyl (C=O) groups excluding carboxylic acids is 1. The first kappa shape index (κ1) is 50.8. The fourth-order valence-electron chi connectivity index (χ4n) is 7.19. The van der Waals surface area contributed by atoms with E-state index in [4.69, 9.17) is 0 Å². The first-order valence-corrected chi connectivity index (χ1v) is 23.1. The minimum Gasteiger partial charge on any atom is -0.394 e. The van der Waals surface area contributed by atoms with Gasteiger partial charge in [0, 0.05) is 6.42 Å². The van der Waals surface area contributed by atoms with Crippen LogP contribution >= 0.6 is 0 Å². The van der Waals surface area contributed by atoms with Gasteiger partial charge in [-0.05, 0) is 44.9 Å². The molecule has 0 aliphatic rings. The number of rotatable bonds is 42. The van der Waals surface area contributed by atoms with Gasteiger partial charge >= 0.3 is 0 Å². The number of aliphatic hydroxyl groups is 3. The van der Waals surface area contributed by atoms with Crippen LogP contribution < -0.4 is 5.32 Å². The van der Waals surface area contributed by atoms with Gasteiger partial charge in [-0.2, -0.15) is 0 Å². The molecule has 0 spiro atoms. The summed E-state index contributed by atoms with van der Waals surface area (Å²) in [4.78, 5) is 12.4. The molecule has 0 heterocycles. The normalized spacial score (nSPS) is 13.7. The van der Waals surface area contributed by atoms with Crippen molar-refractivity contribution in [3.05, 3.63) is 24.3 Å². The molecule has 3 unspecified atom stereocenters. The van der Waals surface area contributed by atoms with Gasteiger partial charge in [-0.15, -0.1) is 0 Å². The molecule has 0 bridgehead atoms. The molecule has 308 valence electrons. The highest BCUT2D eigenvalue weighted by atomic mass is 16.3. The summed E-state index contributed by atoms with van der Waals surface area (Å²) in [6.07, 6.45) is 51.5. The summed E-state index contributed by atoms with van der Waals surface area (Å²) >= 11 is 0. The molecule has 0 fully saturated rings. The maximum absolute atomic E-state index is 12.4. The minimum absolute atomic E-state index is 0.148. The van der Waals surface area contributed by atoms with Crippen molar-refractivity contribution in [2.24, 2.45) is 0 Å². The average Bonchev–Trinajstić information content (AvgIpc) is 3.15. The van der Waals surface area contributed by atoms with Crippen LogP contribution in [0.15, 0.2) is 24.3 Å². The van der Waals surface area contributed by atoms with Crippen LogP contribution in [0.1, 0.15) is 245 Å². The van der Waals surface area contributed by atoms with Crippen LogP contribution in [0.5, 0.6) is 0 Å². The van der Waals surface area contributed by atoms with Crippen LogP contribution in [0.25, 0.3) is 0 Å². The van der Waals surface area contributed by atoms with E-state index in [1.165, 1.54) is 173 Å². The second-order valence-electron chi connectivity index (χ2n) is 16.0. The van der Waals surface area contributed by atoms with Crippen molar-refractivity contribution < 1.29 is 20.1 Å². The van der Waals surface area contributed by atoms with E-state index in [0.29, 0.717) is 12.8 Å². The minimum atomic E-state index is -1.14. The van der Waals surface area contributed by atoms with Crippen molar-refractivity contribution in [1.29, 1.82) is 0 Å². The topological polar surface area (TPSA) is 89.8 Å². The summed E-state index contributed by atoms with van der Waals surface area (Å²) in [5.74, 6) is -0.148. The lowest BCUT2D eigenvalue weighted by Gasteiger charge is -2.26. The molecule has 1 amide bonds. The maximum Gasteiger partial charge on any atom is 0.220 e. The molecule has 0 radical (unpaired) electrons. The lowest BCUT2D eigenvalue weighted by molar-refractivity contribution is -0.124. The highest BCUT2D eigenvalue weighted by Gasteiger charge is 2.26. The predicted octanol–water partition coefficient (Wildman–Crippen LogP) is 13.4. The molecule has 4 N–H and O–H groups in total. The Morgan fingerprint density at radius 2 is 0.827 bits per heavy atom. The van der Waals surface area contributed by atoms with Gasteiger partial charge in [0.25, 0.3) is 0 Å². The predicted molar refractivity (Wildman–Crippen MR) is 227 cm³/mol. The van der Waals surface area contributed by atoms with E-state index in [1.54, 1.807) is 0 Å². The van der Waals surface area contributed by atoms with Crippen LogP contribution in [0.2, 0.25) is 0 Å². The molecule has 0 aromatic carbocycles. The third kappa shape index (κ3) is 37.2. The smallest absolute Gasteiger partial charge is 0.220 e. The fourth-order valence-corrected chi connectivity index (χ4v) is 7.19. The number of unbranched alkanes of at least 4 members (excludes halogenated alkanes) is 30. The molecule has 0 rings (SSSR count). The molecule has 52 heavy (non-hydrogen) atoms. The molecule has 0 aromatic rings. The zero-order chi connectivity index (χ0) is 38.0. The Morgan fingerprint density at radius 1 is 0.481 bits per heavy atom. The number of nitrogens with one attached hydrogen (secondary N) is 1. The highest BCUT2D eigenvalue weighted by Crippen LogP contribution is 2.16. The van der Waals surface area contributed by atoms with E-state index in [-0.39, 0.29) is 12.5 Å². The van der Waals surface area contributed by atoms with Crippen LogP contribution in [0.3, 0.4) is 0 Å². The Morgan fingerprint density at radius 3 is 1.21 bits per heavy atom. The number of aliphatic hydroxyl groups excluding tert-OH is 3. The first-order valence-electron chi connectivity index (χ1n) is 23.1. The molecule has 0 aliphatic heterocycles. The number of carbonyl (C=O) groups is 1. The summed E-state index contributed by atoms with van der Waals surface area (Å²) < 4.78 is 0. The molecule has 0 aliphatic carbocycles.